The first-order valence-corrected chi connectivity index (χ1v) is 9.50. The number of carbonyl (C=O) groups is 2. The number of aromatic nitrogens is 4. The maximum atomic E-state index is 12.4. The third-order valence-corrected chi connectivity index (χ3v) is 5.42. The molecule has 3 aromatic rings. The number of anilines is 1. The monoisotopic (exact) mass is 445 g/mol. The van der Waals surface area contributed by atoms with Gasteiger partial charge in [0.2, 0.25) is 5.78 Å². The number of hydrogen-bond donors (Lipinski definition) is 1. The fourth-order valence-electron chi connectivity index (χ4n) is 3.02. The molecule has 10 nitrogen and oxygen atoms in total. The van der Waals surface area contributed by atoms with Crippen LogP contribution in [0.4, 0.5) is 5.82 Å². The van der Waals surface area contributed by atoms with E-state index in [1.54, 1.807) is 23.7 Å². The third kappa shape index (κ3) is 3.89. The molecule has 0 unspecified atom stereocenters. The predicted molar refractivity (Wildman–Crippen MR) is 114 cm³/mol. The number of hydrogen-bond acceptors (Lipinski definition) is 7. The summed E-state index contributed by atoms with van der Waals surface area (Å²) in [6, 6.07) is 6.36. The van der Waals surface area contributed by atoms with Gasteiger partial charge in [0.15, 0.2) is 6.61 Å². The van der Waals surface area contributed by atoms with Gasteiger partial charge in [0, 0.05) is 14.1 Å². The van der Waals surface area contributed by atoms with Crippen LogP contribution in [0.25, 0.3) is 5.69 Å². The third-order valence-electron chi connectivity index (χ3n) is 4.87. The molecule has 2 heterocycles. The second kappa shape index (κ2) is 8.23. The summed E-state index contributed by atoms with van der Waals surface area (Å²) >= 11 is 6.16. The molecular formula is C20H20ClN5O5. The van der Waals surface area contributed by atoms with E-state index >= 15 is 0 Å². The predicted octanol–water partition coefficient (Wildman–Crippen LogP) is 1.16. The Bertz CT molecular complexity index is 1320. The highest BCUT2D eigenvalue weighted by Gasteiger charge is 2.22. The number of rotatable bonds is 5. The Hall–Kier alpha value is -3.66. The summed E-state index contributed by atoms with van der Waals surface area (Å²) in [5.41, 5.74) is 6.15. The summed E-state index contributed by atoms with van der Waals surface area (Å²) < 4.78 is 8.41. The molecule has 2 N–H and O–H groups in total. The van der Waals surface area contributed by atoms with E-state index in [0.717, 1.165) is 14.8 Å². The van der Waals surface area contributed by atoms with E-state index in [0.29, 0.717) is 16.4 Å². The van der Waals surface area contributed by atoms with Crippen molar-refractivity contribution in [1.82, 2.24) is 18.9 Å². The van der Waals surface area contributed by atoms with Gasteiger partial charge in [0.05, 0.1) is 27.7 Å². The Labute approximate surface area is 181 Å². The number of carbonyl (C=O) groups excluding carboxylic acids is 2. The van der Waals surface area contributed by atoms with Gasteiger partial charge in [-0.25, -0.2) is 14.3 Å². The van der Waals surface area contributed by atoms with Crippen molar-refractivity contribution in [2.45, 2.75) is 13.8 Å². The summed E-state index contributed by atoms with van der Waals surface area (Å²) in [5, 5.41) is 4.90. The van der Waals surface area contributed by atoms with Crippen molar-refractivity contribution in [2.24, 2.45) is 14.1 Å². The molecule has 0 spiro atoms. The van der Waals surface area contributed by atoms with Crippen LogP contribution in [-0.2, 0) is 18.8 Å². The number of benzene rings is 1. The molecule has 162 valence electrons. The lowest BCUT2D eigenvalue weighted by molar-refractivity contribution is 0.0474. The first-order valence-electron chi connectivity index (χ1n) is 9.12. The normalized spacial score (nSPS) is 10.9. The minimum Gasteiger partial charge on any atom is -0.454 e. The Morgan fingerprint density at radius 2 is 1.71 bits per heavy atom. The average molecular weight is 446 g/mol. The van der Waals surface area contributed by atoms with E-state index in [-0.39, 0.29) is 11.4 Å². The van der Waals surface area contributed by atoms with Crippen molar-refractivity contribution in [1.29, 1.82) is 0 Å². The fraction of sp³-hybridized carbons (Fsp3) is 0.250. The minimum atomic E-state index is -0.852. The lowest BCUT2D eigenvalue weighted by Crippen LogP contribution is -2.42. The molecule has 0 bridgehead atoms. The lowest BCUT2D eigenvalue weighted by atomic mass is 10.2. The summed E-state index contributed by atoms with van der Waals surface area (Å²) in [7, 11) is 2.56. The maximum absolute atomic E-state index is 12.4. The molecule has 1 aromatic carbocycles. The molecule has 0 aliphatic carbocycles. The molecule has 0 atom stereocenters. The van der Waals surface area contributed by atoms with Crippen LogP contribution in [0.5, 0.6) is 0 Å². The number of nitrogens with zero attached hydrogens (tertiary/aromatic N) is 4. The van der Waals surface area contributed by atoms with Gasteiger partial charge in [-0.1, -0.05) is 11.6 Å². The molecule has 0 fully saturated rings. The van der Waals surface area contributed by atoms with Gasteiger partial charge in [0.1, 0.15) is 11.4 Å². The molecule has 3 rings (SSSR count). The van der Waals surface area contributed by atoms with Crippen molar-refractivity contribution in [3.05, 3.63) is 72.6 Å². The van der Waals surface area contributed by atoms with E-state index in [1.807, 2.05) is 6.92 Å². The average Bonchev–Trinajstić information content (AvgIpc) is 3.02. The van der Waals surface area contributed by atoms with E-state index in [9.17, 15) is 19.2 Å². The number of Topliss-reactive ketones (excluding diaryl/α,β-unsaturated/α-hetero) is 1. The highest BCUT2D eigenvalue weighted by atomic mass is 35.5. The standard InChI is InChI=1S/C20H20ClN5O5/c1-10-16(21)11(2)26(23-10)13-7-5-12(6-8-13)19(29)31-9-14(27)15-17(22)24(3)20(30)25(4)18(15)28/h5-8H,9,22H2,1-4H3. The lowest BCUT2D eigenvalue weighted by Gasteiger charge is -2.11. The fourth-order valence-corrected chi connectivity index (χ4v) is 3.14. The number of nitrogens with two attached hydrogens (primary N) is 1. The molecule has 0 aliphatic heterocycles. The Morgan fingerprint density at radius 1 is 1.10 bits per heavy atom. The number of esters is 1. The maximum Gasteiger partial charge on any atom is 0.338 e. The second-order valence-electron chi connectivity index (χ2n) is 6.91. The topological polar surface area (TPSA) is 131 Å². The van der Waals surface area contributed by atoms with Crippen molar-refractivity contribution >= 4 is 29.2 Å². The van der Waals surface area contributed by atoms with Crippen LogP contribution < -0.4 is 17.0 Å². The van der Waals surface area contributed by atoms with Crippen LogP contribution in [0, 0.1) is 13.8 Å². The highest BCUT2D eigenvalue weighted by Crippen LogP contribution is 2.22. The van der Waals surface area contributed by atoms with Gasteiger partial charge < -0.3 is 10.5 Å². The molecule has 0 saturated carbocycles. The van der Waals surface area contributed by atoms with Gasteiger partial charge in [0.25, 0.3) is 5.56 Å². The highest BCUT2D eigenvalue weighted by molar-refractivity contribution is 6.31. The van der Waals surface area contributed by atoms with Gasteiger partial charge >= 0.3 is 11.7 Å². The minimum absolute atomic E-state index is 0.200. The van der Waals surface area contributed by atoms with Crippen LogP contribution >= 0.6 is 11.6 Å². The van der Waals surface area contributed by atoms with Crippen molar-refractivity contribution in [2.75, 3.05) is 12.3 Å². The van der Waals surface area contributed by atoms with Crippen LogP contribution in [0.15, 0.2) is 33.9 Å². The zero-order chi connectivity index (χ0) is 23.0. The summed E-state index contributed by atoms with van der Waals surface area (Å²) in [6.45, 7) is 2.91. The zero-order valence-electron chi connectivity index (χ0n) is 17.3. The quantitative estimate of drug-likeness (QED) is 0.460. The number of aryl methyl sites for hydroxylation is 1. The molecule has 11 heteroatoms. The Morgan fingerprint density at radius 3 is 2.26 bits per heavy atom. The second-order valence-corrected chi connectivity index (χ2v) is 7.29. The van der Waals surface area contributed by atoms with Gasteiger partial charge in [-0.2, -0.15) is 5.10 Å². The Balaban J connectivity index is 1.76. The smallest absolute Gasteiger partial charge is 0.338 e. The SMILES string of the molecule is Cc1nn(-c2ccc(C(=O)OCC(=O)c3c(N)n(C)c(=O)n(C)c3=O)cc2)c(C)c1Cl. The zero-order valence-corrected chi connectivity index (χ0v) is 18.1. The molecule has 0 saturated heterocycles. The first kappa shape index (κ1) is 22.0. The molecule has 0 amide bonds. The van der Waals surface area contributed by atoms with Crippen LogP contribution in [-0.4, -0.2) is 37.3 Å². The van der Waals surface area contributed by atoms with Crippen LogP contribution in [0.3, 0.4) is 0 Å². The first-order chi connectivity index (χ1) is 14.5. The van der Waals surface area contributed by atoms with Crippen molar-refractivity contribution in [3.63, 3.8) is 0 Å². The number of halogens is 1. The Kier molecular flexibility index (Phi) is 5.85. The number of ether oxygens (including phenoxy) is 1. The summed E-state index contributed by atoms with van der Waals surface area (Å²) in [4.78, 5) is 48.8. The van der Waals surface area contributed by atoms with Gasteiger partial charge in [-0.05, 0) is 38.1 Å². The van der Waals surface area contributed by atoms with E-state index in [4.69, 9.17) is 22.1 Å². The summed E-state index contributed by atoms with van der Waals surface area (Å²) in [6.07, 6.45) is 0. The largest absolute Gasteiger partial charge is 0.454 e. The van der Waals surface area contributed by atoms with E-state index < -0.39 is 35.2 Å². The van der Waals surface area contributed by atoms with E-state index in [1.165, 1.54) is 26.2 Å². The molecule has 31 heavy (non-hydrogen) atoms. The molecular weight excluding hydrogens is 426 g/mol. The number of nitrogen functional groups attached to an aromatic ring is 1. The van der Waals surface area contributed by atoms with Crippen molar-refractivity contribution in [3.8, 4) is 5.69 Å². The van der Waals surface area contributed by atoms with Gasteiger partial charge in [-0.15, -0.1) is 0 Å². The van der Waals surface area contributed by atoms with E-state index in [2.05, 4.69) is 5.10 Å². The van der Waals surface area contributed by atoms with Gasteiger partial charge in [-0.3, -0.25) is 18.7 Å². The number of ketones is 1. The summed E-state index contributed by atoms with van der Waals surface area (Å²) in [5.74, 6) is -1.86. The van der Waals surface area contributed by atoms with Crippen LogP contribution in [0.2, 0.25) is 5.02 Å². The van der Waals surface area contributed by atoms with Crippen LogP contribution in [0.1, 0.15) is 32.1 Å². The molecule has 0 aliphatic rings. The molecule has 0 radical (unpaired) electrons. The molecule has 2 aromatic heterocycles. The van der Waals surface area contributed by atoms with Crippen molar-refractivity contribution < 1.29 is 14.3 Å².